The van der Waals surface area contributed by atoms with Gasteiger partial charge < -0.3 is 15.0 Å². The van der Waals surface area contributed by atoms with Gasteiger partial charge in [0.15, 0.2) is 5.82 Å². The van der Waals surface area contributed by atoms with E-state index in [2.05, 4.69) is 61.3 Å². The smallest absolute Gasteiger partial charge is 0.178 e. The van der Waals surface area contributed by atoms with Crippen LogP contribution in [0.1, 0.15) is 6.92 Å². The third kappa shape index (κ3) is 3.62. The van der Waals surface area contributed by atoms with Gasteiger partial charge in [-0.05, 0) is 37.3 Å². The van der Waals surface area contributed by atoms with Crippen LogP contribution in [-0.2, 0) is 4.74 Å². The number of ether oxygens (including phenoxy) is 1. The van der Waals surface area contributed by atoms with Gasteiger partial charge in [-0.15, -0.1) is 0 Å². The fraction of sp³-hybridized carbons (Fsp3) is 0.263. The Kier molecular flexibility index (Phi) is 4.70. The van der Waals surface area contributed by atoms with Crippen LogP contribution in [0.3, 0.4) is 0 Å². The van der Waals surface area contributed by atoms with Gasteiger partial charge in [-0.2, -0.15) is 0 Å². The van der Waals surface area contributed by atoms with E-state index >= 15 is 0 Å². The van der Waals surface area contributed by atoms with Gasteiger partial charge in [0.2, 0.25) is 0 Å². The van der Waals surface area contributed by atoms with Gasteiger partial charge >= 0.3 is 0 Å². The second-order valence-electron chi connectivity index (χ2n) is 6.15. The zero-order chi connectivity index (χ0) is 17.8. The van der Waals surface area contributed by atoms with Crippen molar-refractivity contribution in [2.24, 2.45) is 0 Å². The van der Waals surface area contributed by atoms with Crippen molar-refractivity contribution in [1.29, 1.82) is 0 Å². The summed E-state index contributed by atoms with van der Waals surface area (Å²) in [4.78, 5) is 19.3. The molecule has 4 rings (SSSR count). The molecule has 1 saturated heterocycles. The number of nitrogens with zero attached hydrogens (tertiary/aromatic N) is 5. The first-order chi connectivity index (χ1) is 12.8. The Morgan fingerprint density at radius 2 is 1.88 bits per heavy atom. The summed E-state index contributed by atoms with van der Waals surface area (Å²) in [5.41, 5.74) is 2.85. The summed E-state index contributed by atoms with van der Waals surface area (Å²) in [6, 6.07) is 12.3. The second-order valence-corrected chi connectivity index (χ2v) is 6.15. The first kappa shape index (κ1) is 16.4. The number of nitrogens with one attached hydrogen (secondary N) is 1. The normalized spacial score (nSPS) is 17.1. The number of morpholine rings is 1. The molecular formula is C19H20N6O. The third-order valence-corrected chi connectivity index (χ3v) is 4.30. The van der Waals surface area contributed by atoms with E-state index in [0.717, 1.165) is 25.4 Å². The van der Waals surface area contributed by atoms with E-state index in [1.54, 1.807) is 18.5 Å². The molecule has 7 nitrogen and oxygen atoms in total. The summed E-state index contributed by atoms with van der Waals surface area (Å²) in [6.45, 7) is 4.64. The van der Waals surface area contributed by atoms with E-state index in [4.69, 9.17) is 4.74 Å². The molecule has 1 fully saturated rings. The standard InChI is InChI=1S/C19H20N6O/c1-14-12-26-10-9-25(14)16-5-3-15(4-6-16)24-18-11-17(22-13-23-18)19-20-7-2-8-21-19/h2-8,11,13-14H,9-10,12H2,1H3,(H,22,23,24). The first-order valence-electron chi connectivity index (χ1n) is 8.60. The highest BCUT2D eigenvalue weighted by atomic mass is 16.5. The lowest BCUT2D eigenvalue weighted by Crippen LogP contribution is -2.43. The monoisotopic (exact) mass is 348 g/mol. The number of aromatic nitrogens is 4. The zero-order valence-electron chi connectivity index (χ0n) is 14.5. The fourth-order valence-electron chi connectivity index (χ4n) is 2.97. The summed E-state index contributed by atoms with van der Waals surface area (Å²) in [5.74, 6) is 1.28. The number of hydrogen-bond acceptors (Lipinski definition) is 7. The van der Waals surface area contributed by atoms with Gasteiger partial charge in [0.05, 0.1) is 13.2 Å². The van der Waals surface area contributed by atoms with Crippen LogP contribution in [0.2, 0.25) is 0 Å². The van der Waals surface area contributed by atoms with Gasteiger partial charge in [0, 0.05) is 42.4 Å². The van der Waals surface area contributed by atoms with E-state index in [0.29, 0.717) is 23.4 Å². The first-order valence-corrected chi connectivity index (χ1v) is 8.60. The molecule has 132 valence electrons. The van der Waals surface area contributed by atoms with Crippen molar-refractivity contribution < 1.29 is 4.74 Å². The summed E-state index contributed by atoms with van der Waals surface area (Å²) in [7, 11) is 0. The minimum Gasteiger partial charge on any atom is -0.377 e. The Morgan fingerprint density at radius 3 is 2.65 bits per heavy atom. The molecule has 1 unspecified atom stereocenters. The van der Waals surface area contributed by atoms with Crippen molar-refractivity contribution in [3.8, 4) is 11.5 Å². The lowest BCUT2D eigenvalue weighted by molar-refractivity contribution is 0.0989. The van der Waals surface area contributed by atoms with Gasteiger partial charge in [0.25, 0.3) is 0 Å². The molecule has 1 atom stereocenters. The van der Waals surface area contributed by atoms with Crippen molar-refractivity contribution in [2.75, 3.05) is 30.0 Å². The minimum atomic E-state index is 0.387. The zero-order valence-corrected chi connectivity index (χ0v) is 14.5. The molecule has 2 aromatic heterocycles. The third-order valence-electron chi connectivity index (χ3n) is 4.30. The van der Waals surface area contributed by atoms with Crippen molar-refractivity contribution in [3.05, 3.63) is 55.1 Å². The van der Waals surface area contributed by atoms with E-state index in [-0.39, 0.29) is 0 Å². The van der Waals surface area contributed by atoms with Crippen LogP contribution < -0.4 is 10.2 Å². The molecule has 0 saturated carbocycles. The average molecular weight is 348 g/mol. The predicted octanol–water partition coefficient (Wildman–Crippen LogP) is 2.90. The summed E-state index contributed by atoms with van der Waals surface area (Å²) >= 11 is 0. The molecule has 1 N–H and O–H groups in total. The van der Waals surface area contributed by atoms with Gasteiger partial charge in [-0.1, -0.05) is 0 Å². The highest BCUT2D eigenvalue weighted by Crippen LogP contribution is 2.24. The molecule has 1 aliphatic heterocycles. The Hall–Kier alpha value is -3.06. The van der Waals surface area contributed by atoms with Crippen LogP contribution in [-0.4, -0.2) is 45.7 Å². The molecule has 1 aromatic carbocycles. The molecule has 1 aliphatic rings. The lowest BCUT2D eigenvalue weighted by Gasteiger charge is -2.35. The Morgan fingerprint density at radius 1 is 1.08 bits per heavy atom. The topological polar surface area (TPSA) is 76.1 Å². The van der Waals surface area contributed by atoms with Crippen molar-refractivity contribution in [3.63, 3.8) is 0 Å². The molecule has 3 heterocycles. The van der Waals surface area contributed by atoms with Crippen LogP contribution in [0.4, 0.5) is 17.2 Å². The molecule has 3 aromatic rings. The van der Waals surface area contributed by atoms with Gasteiger partial charge in [0.1, 0.15) is 17.8 Å². The largest absolute Gasteiger partial charge is 0.377 e. The maximum absolute atomic E-state index is 5.51. The summed E-state index contributed by atoms with van der Waals surface area (Å²) < 4.78 is 5.51. The van der Waals surface area contributed by atoms with Crippen LogP contribution in [0, 0.1) is 0 Å². The molecule has 7 heteroatoms. The molecule has 0 radical (unpaired) electrons. The summed E-state index contributed by atoms with van der Waals surface area (Å²) in [5, 5.41) is 3.31. The van der Waals surface area contributed by atoms with Crippen LogP contribution in [0.25, 0.3) is 11.5 Å². The van der Waals surface area contributed by atoms with Gasteiger partial charge in [-0.25, -0.2) is 19.9 Å². The highest BCUT2D eigenvalue weighted by Gasteiger charge is 2.18. The molecule has 0 amide bonds. The van der Waals surface area contributed by atoms with Crippen molar-refractivity contribution >= 4 is 17.2 Å². The number of anilines is 3. The number of benzene rings is 1. The van der Waals surface area contributed by atoms with E-state index in [1.165, 1.54) is 12.0 Å². The molecule has 0 aliphatic carbocycles. The molecule has 26 heavy (non-hydrogen) atoms. The van der Waals surface area contributed by atoms with E-state index in [1.807, 2.05) is 6.07 Å². The Balaban J connectivity index is 1.49. The maximum Gasteiger partial charge on any atom is 0.178 e. The average Bonchev–Trinajstić information content (AvgIpc) is 2.70. The fourth-order valence-corrected chi connectivity index (χ4v) is 2.97. The molecule has 0 spiro atoms. The highest BCUT2D eigenvalue weighted by molar-refractivity contribution is 5.63. The lowest BCUT2D eigenvalue weighted by atomic mass is 10.2. The van der Waals surface area contributed by atoms with E-state index in [9.17, 15) is 0 Å². The second kappa shape index (κ2) is 7.45. The SMILES string of the molecule is CC1COCCN1c1ccc(Nc2cc(-c3ncccn3)ncn2)cc1. The Bertz CT molecular complexity index is 855. The molecular weight excluding hydrogens is 328 g/mol. The molecule has 0 bridgehead atoms. The van der Waals surface area contributed by atoms with Crippen LogP contribution in [0.5, 0.6) is 0 Å². The Labute approximate surface area is 152 Å². The number of rotatable bonds is 4. The number of hydrogen-bond donors (Lipinski definition) is 1. The van der Waals surface area contributed by atoms with Crippen LogP contribution in [0.15, 0.2) is 55.1 Å². The minimum absolute atomic E-state index is 0.387. The van der Waals surface area contributed by atoms with Crippen molar-refractivity contribution in [1.82, 2.24) is 19.9 Å². The predicted molar refractivity (Wildman–Crippen MR) is 100 cm³/mol. The quantitative estimate of drug-likeness (QED) is 0.777. The van der Waals surface area contributed by atoms with Crippen molar-refractivity contribution in [2.45, 2.75) is 13.0 Å². The van der Waals surface area contributed by atoms with E-state index < -0.39 is 0 Å². The summed E-state index contributed by atoms with van der Waals surface area (Å²) in [6.07, 6.45) is 4.91. The van der Waals surface area contributed by atoms with Gasteiger partial charge in [-0.3, -0.25) is 0 Å². The maximum atomic E-state index is 5.51. The van der Waals surface area contributed by atoms with Crippen LogP contribution >= 0.6 is 0 Å².